The molecule has 0 bridgehead atoms. The van der Waals surface area contributed by atoms with E-state index in [0.29, 0.717) is 12.8 Å². The molecular weight excluding hydrogens is 392 g/mol. The van der Waals surface area contributed by atoms with Gasteiger partial charge in [0.2, 0.25) is 0 Å². The summed E-state index contributed by atoms with van der Waals surface area (Å²) in [5.41, 5.74) is 0.839. The van der Waals surface area contributed by atoms with Gasteiger partial charge >= 0.3 is 0 Å². The van der Waals surface area contributed by atoms with Gasteiger partial charge in [0.05, 0.1) is 0 Å². The molecule has 0 radical (unpaired) electrons. The van der Waals surface area contributed by atoms with Crippen molar-refractivity contribution in [3.05, 3.63) is 84.2 Å². The maximum Gasteiger partial charge on any atom is 0.273 e. The number of aromatic hydroxyl groups is 1. The van der Waals surface area contributed by atoms with Gasteiger partial charge in [0.25, 0.3) is 14.2 Å². The van der Waals surface area contributed by atoms with Gasteiger partial charge in [-0.15, -0.1) is 0 Å². The zero-order valence-electron chi connectivity index (χ0n) is 17.6. The van der Waals surface area contributed by atoms with Crippen molar-refractivity contribution in [3.8, 4) is 5.75 Å². The number of rotatable bonds is 7. The van der Waals surface area contributed by atoms with Crippen LogP contribution in [0.2, 0.25) is 5.04 Å². The SMILES string of the molecule is CNC(=O)c1ncc(CCC(C)(C)[Si](O)(c2ccccc2)c2ccccc2)cc1O. The first-order valence-corrected chi connectivity index (χ1v) is 12.0. The quantitative estimate of drug-likeness (QED) is 0.513. The van der Waals surface area contributed by atoms with Crippen LogP contribution in [0.25, 0.3) is 0 Å². The van der Waals surface area contributed by atoms with Gasteiger partial charge in [-0.2, -0.15) is 0 Å². The molecule has 1 amide bonds. The van der Waals surface area contributed by atoms with Crippen LogP contribution in [-0.4, -0.2) is 36.2 Å². The van der Waals surface area contributed by atoms with Crippen LogP contribution in [0.15, 0.2) is 72.9 Å². The van der Waals surface area contributed by atoms with Gasteiger partial charge in [0.15, 0.2) is 5.69 Å². The van der Waals surface area contributed by atoms with Crippen LogP contribution >= 0.6 is 0 Å². The Labute approximate surface area is 178 Å². The van der Waals surface area contributed by atoms with E-state index >= 15 is 0 Å². The molecule has 0 saturated heterocycles. The van der Waals surface area contributed by atoms with E-state index in [-0.39, 0.29) is 11.4 Å². The molecule has 0 aliphatic heterocycles. The van der Waals surface area contributed by atoms with Crippen LogP contribution < -0.4 is 15.7 Å². The summed E-state index contributed by atoms with van der Waals surface area (Å²) in [6, 6.07) is 21.4. The number of pyridine rings is 1. The highest BCUT2D eigenvalue weighted by atomic mass is 28.4. The molecule has 6 heteroatoms. The molecule has 156 valence electrons. The fourth-order valence-electron chi connectivity index (χ4n) is 3.87. The minimum absolute atomic E-state index is 0.0139. The first-order chi connectivity index (χ1) is 14.3. The second-order valence-corrected chi connectivity index (χ2v) is 12.0. The zero-order chi connectivity index (χ0) is 21.8. The molecule has 3 aromatic rings. The number of nitrogens with one attached hydrogen (secondary N) is 1. The van der Waals surface area contributed by atoms with Crippen molar-refractivity contribution < 1.29 is 14.7 Å². The molecule has 0 saturated carbocycles. The third-order valence-corrected chi connectivity index (χ3v) is 10.3. The van der Waals surface area contributed by atoms with Crippen LogP contribution in [0.3, 0.4) is 0 Å². The second kappa shape index (κ2) is 8.81. The summed E-state index contributed by atoms with van der Waals surface area (Å²) in [6.45, 7) is 4.21. The first-order valence-electron chi connectivity index (χ1n) is 10.0. The summed E-state index contributed by atoms with van der Waals surface area (Å²) in [5.74, 6) is -0.558. The molecule has 0 atom stereocenters. The molecule has 0 spiro atoms. The minimum atomic E-state index is -3.08. The fraction of sp³-hybridized carbons (Fsp3) is 0.250. The van der Waals surface area contributed by atoms with Crippen molar-refractivity contribution >= 4 is 24.6 Å². The van der Waals surface area contributed by atoms with Crippen LogP contribution in [-0.2, 0) is 6.42 Å². The van der Waals surface area contributed by atoms with Gasteiger partial charge in [-0.25, -0.2) is 4.98 Å². The Balaban J connectivity index is 1.91. The Morgan fingerprint density at radius 1 is 1.03 bits per heavy atom. The zero-order valence-corrected chi connectivity index (χ0v) is 18.6. The Morgan fingerprint density at radius 3 is 2.03 bits per heavy atom. The second-order valence-electron chi connectivity index (χ2n) is 8.12. The summed E-state index contributed by atoms with van der Waals surface area (Å²) in [5, 5.41) is 14.2. The van der Waals surface area contributed by atoms with E-state index in [2.05, 4.69) is 24.1 Å². The third kappa shape index (κ3) is 4.15. The molecular formula is C24H28N2O3Si. The number of carbonyl (C=O) groups is 1. The van der Waals surface area contributed by atoms with Gasteiger partial charge < -0.3 is 15.2 Å². The lowest BCUT2D eigenvalue weighted by Gasteiger charge is -2.41. The molecule has 0 aliphatic rings. The Bertz CT molecular complexity index is 968. The van der Waals surface area contributed by atoms with E-state index in [4.69, 9.17) is 0 Å². The van der Waals surface area contributed by atoms with Gasteiger partial charge in [0, 0.05) is 13.2 Å². The predicted molar refractivity (Wildman–Crippen MR) is 122 cm³/mol. The van der Waals surface area contributed by atoms with Gasteiger partial charge in [-0.3, -0.25) is 4.79 Å². The molecule has 2 aromatic carbocycles. The van der Waals surface area contributed by atoms with Gasteiger partial charge in [-0.05, 0) is 39.9 Å². The average Bonchev–Trinajstić information content (AvgIpc) is 2.77. The van der Waals surface area contributed by atoms with E-state index in [9.17, 15) is 14.7 Å². The van der Waals surface area contributed by atoms with Crippen molar-refractivity contribution in [2.45, 2.75) is 31.7 Å². The van der Waals surface area contributed by atoms with E-state index in [1.165, 1.54) is 7.05 Å². The lowest BCUT2D eigenvalue weighted by Crippen LogP contribution is -2.65. The third-order valence-electron chi connectivity index (χ3n) is 5.77. The predicted octanol–water partition coefficient (Wildman–Crippen LogP) is 2.61. The van der Waals surface area contributed by atoms with Gasteiger partial charge in [-0.1, -0.05) is 74.5 Å². The normalized spacial score (nSPS) is 11.9. The highest BCUT2D eigenvalue weighted by molar-refractivity contribution is 6.98. The average molecular weight is 421 g/mol. The number of aromatic nitrogens is 1. The summed E-state index contributed by atoms with van der Waals surface area (Å²) >= 11 is 0. The number of benzene rings is 2. The maximum absolute atomic E-state index is 12.2. The van der Waals surface area contributed by atoms with Crippen molar-refractivity contribution in [2.75, 3.05) is 7.05 Å². The first kappa shape index (κ1) is 21.7. The minimum Gasteiger partial charge on any atom is -0.505 e. The van der Waals surface area contributed by atoms with Crippen molar-refractivity contribution in [1.29, 1.82) is 0 Å². The maximum atomic E-state index is 12.2. The lowest BCUT2D eigenvalue weighted by atomic mass is 10.0. The van der Waals surface area contributed by atoms with Crippen molar-refractivity contribution in [2.24, 2.45) is 0 Å². The monoisotopic (exact) mass is 420 g/mol. The standard InChI is InChI=1S/C24H28N2O3Si/c1-24(2,15-14-18-16-21(27)22(26-17-18)23(28)25-3)30(29,19-10-6-4-7-11-19)20-12-8-5-9-13-20/h4-13,16-17,27,29H,14-15H2,1-3H3,(H,25,28). The fourth-order valence-corrected chi connectivity index (χ4v) is 7.60. The number of carbonyl (C=O) groups excluding carboxylic acids is 1. The number of amides is 1. The van der Waals surface area contributed by atoms with E-state index < -0.39 is 19.3 Å². The van der Waals surface area contributed by atoms with E-state index in [0.717, 1.165) is 15.9 Å². The van der Waals surface area contributed by atoms with Crippen LogP contribution in [0.1, 0.15) is 36.3 Å². The summed E-state index contributed by atoms with van der Waals surface area (Å²) in [4.78, 5) is 28.0. The molecule has 1 heterocycles. The van der Waals surface area contributed by atoms with E-state index in [1.807, 2.05) is 60.7 Å². The van der Waals surface area contributed by atoms with Crippen molar-refractivity contribution in [3.63, 3.8) is 0 Å². The summed E-state index contributed by atoms with van der Waals surface area (Å²) in [7, 11) is -1.58. The van der Waals surface area contributed by atoms with Gasteiger partial charge in [0.1, 0.15) is 5.75 Å². The Morgan fingerprint density at radius 2 is 1.57 bits per heavy atom. The number of aryl methyl sites for hydroxylation is 1. The molecule has 1 aromatic heterocycles. The van der Waals surface area contributed by atoms with Crippen LogP contribution in [0, 0.1) is 0 Å². The molecule has 0 fully saturated rings. The molecule has 3 rings (SSSR count). The number of hydrogen-bond acceptors (Lipinski definition) is 4. The molecule has 0 aliphatic carbocycles. The summed E-state index contributed by atoms with van der Waals surface area (Å²) in [6.07, 6.45) is 2.93. The Hall–Kier alpha value is -2.96. The highest BCUT2D eigenvalue weighted by Crippen LogP contribution is 2.39. The molecule has 0 unspecified atom stereocenters. The van der Waals surface area contributed by atoms with Crippen LogP contribution in [0.4, 0.5) is 0 Å². The number of nitrogens with zero attached hydrogens (tertiary/aromatic N) is 1. The summed E-state index contributed by atoms with van der Waals surface area (Å²) < 4.78 is 0. The van der Waals surface area contributed by atoms with Crippen molar-refractivity contribution in [1.82, 2.24) is 10.3 Å². The number of hydrogen-bond donors (Lipinski definition) is 3. The molecule has 5 nitrogen and oxygen atoms in total. The van der Waals surface area contributed by atoms with E-state index in [1.54, 1.807) is 12.3 Å². The molecule has 3 N–H and O–H groups in total. The Kier molecular flexibility index (Phi) is 6.39. The smallest absolute Gasteiger partial charge is 0.273 e. The van der Waals surface area contributed by atoms with Crippen LogP contribution in [0.5, 0.6) is 5.75 Å². The highest BCUT2D eigenvalue weighted by Gasteiger charge is 2.49. The lowest BCUT2D eigenvalue weighted by molar-refractivity contribution is 0.0955. The molecule has 30 heavy (non-hydrogen) atoms. The topological polar surface area (TPSA) is 82.5 Å². The largest absolute Gasteiger partial charge is 0.505 e.